The van der Waals surface area contributed by atoms with Gasteiger partial charge in [0.2, 0.25) is 0 Å². The van der Waals surface area contributed by atoms with Crippen molar-refractivity contribution >= 4 is 5.82 Å². The summed E-state index contributed by atoms with van der Waals surface area (Å²) in [5.41, 5.74) is 0. The fraction of sp³-hybridized carbons (Fsp3) is 0.500. The van der Waals surface area contributed by atoms with Crippen LogP contribution in [0.3, 0.4) is 0 Å². The van der Waals surface area contributed by atoms with Gasteiger partial charge in [-0.05, 0) is 39.5 Å². The largest absolute Gasteiger partial charge is 0.355 e. The molecule has 0 radical (unpaired) electrons. The van der Waals surface area contributed by atoms with Crippen LogP contribution in [0.4, 0.5) is 5.82 Å². The summed E-state index contributed by atoms with van der Waals surface area (Å²) in [6, 6.07) is 0. The molecule has 1 aliphatic rings. The summed E-state index contributed by atoms with van der Waals surface area (Å²) in [4.78, 5) is 20.2. The molecule has 0 N–H and O–H groups in total. The second-order valence-electron chi connectivity index (χ2n) is 6.92. The minimum absolute atomic E-state index is 0.531. The standard InChI is InChI=1S/C18H24N8/c1-13-21-15(3)26(23-13)12-16-5-4-7-24(11-16)17-9-19-10-18(22-17)25-8-6-20-14(25)2/h6,8-10,16H,4-5,7,11-12H2,1-3H3. The number of rotatable bonds is 4. The van der Waals surface area contributed by atoms with E-state index in [-0.39, 0.29) is 0 Å². The highest BCUT2D eigenvalue weighted by molar-refractivity contribution is 5.40. The maximum Gasteiger partial charge on any atom is 0.159 e. The van der Waals surface area contributed by atoms with Gasteiger partial charge in [0.1, 0.15) is 23.3 Å². The predicted octanol–water partition coefficient (Wildman–Crippen LogP) is 2.10. The molecule has 1 fully saturated rings. The number of nitrogens with zero attached hydrogens (tertiary/aromatic N) is 8. The fourth-order valence-corrected chi connectivity index (χ4v) is 3.64. The molecule has 8 nitrogen and oxygen atoms in total. The minimum atomic E-state index is 0.531. The van der Waals surface area contributed by atoms with Gasteiger partial charge in [0, 0.05) is 32.0 Å². The lowest BCUT2D eigenvalue weighted by Crippen LogP contribution is -2.38. The maximum atomic E-state index is 4.81. The van der Waals surface area contributed by atoms with Crippen LogP contribution >= 0.6 is 0 Å². The lowest BCUT2D eigenvalue weighted by molar-refractivity contribution is 0.346. The van der Waals surface area contributed by atoms with E-state index in [2.05, 4.69) is 25.0 Å². The van der Waals surface area contributed by atoms with Crippen molar-refractivity contribution in [3.8, 4) is 5.82 Å². The van der Waals surface area contributed by atoms with Crippen LogP contribution in [0.1, 0.15) is 30.3 Å². The quantitative estimate of drug-likeness (QED) is 0.715. The zero-order chi connectivity index (χ0) is 18.1. The molecule has 0 saturated carbocycles. The Morgan fingerprint density at radius 3 is 2.65 bits per heavy atom. The monoisotopic (exact) mass is 352 g/mol. The van der Waals surface area contributed by atoms with Crippen LogP contribution < -0.4 is 4.90 Å². The molecule has 136 valence electrons. The first kappa shape index (κ1) is 16.7. The summed E-state index contributed by atoms with van der Waals surface area (Å²) in [5.74, 6) is 4.99. The number of piperidine rings is 1. The van der Waals surface area contributed by atoms with Crippen LogP contribution in [0.15, 0.2) is 24.8 Å². The van der Waals surface area contributed by atoms with Gasteiger partial charge in [0.25, 0.3) is 0 Å². The summed E-state index contributed by atoms with van der Waals surface area (Å²) in [5, 5.41) is 4.51. The van der Waals surface area contributed by atoms with Crippen LogP contribution in [0, 0.1) is 26.7 Å². The van der Waals surface area contributed by atoms with Crippen molar-refractivity contribution in [3.05, 3.63) is 42.3 Å². The Balaban J connectivity index is 1.51. The Morgan fingerprint density at radius 2 is 1.92 bits per heavy atom. The van der Waals surface area contributed by atoms with Gasteiger partial charge >= 0.3 is 0 Å². The molecule has 1 atom stereocenters. The lowest BCUT2D eigenvalue weighted by Gasteiger charge is -2.33. The fourth-order valence-electron chi connectivity index (χ4n) is 3.64. The number of anilines is 1. The van der Waals surface area contributed by atoms with Gasteiger partial charge in [-0.15, -0.1) is 0 Å². The van der Waals surface area contributed by atoms with Gasteiger partial charge in [-0.2, -0.15) is 5.10 Å². The molecule has 0 aliphatic carbocycles. The van der Waals surface area contributed by atoms with Crippen LogP contribution in [-0.4, -0.2) is 47.4 Å². The predicted molar refractivity (Wildman–Crippen MR) is 98.3 cm³/mol. The van der Waals surface area contributed by atoms with E-state index in [4.69, 9.17) is 4.98 Å². The van der Waals surface area contributed by atoms with Crippen LogP contribution in [0.5, 0.6) is 0 Å². The Morgan fingerprint density at radius 1 is 1.08 bits per heavy atom. The summed E-state index contributed by atoms with van der Waals surface area (Å²) in [6.07, 6.45) is 9.67. The molecule has 1 aliphatic heterocycles. The van der Waals surface area contributed by atoms with Crippen molar-refractivity contribution in [2.45, 2.75) is 40.2 Å². The normalized spacial score (nSPS) is 17.7. The number of hydrogen-bond donors (Lipinski definition) is 0. The molecule has 0 aromatic carbocycles. The van der Waals surface area contributed by atoms with Gasteiger partial charge < -0.3 is 4.90 Å². The van der Waals surface area contributed by atoms with E-state index in [1.807, 2.05) is 42.4 Å². The van der Waals surface area contributed by atoms with E-state index >= 15 is 0 Å². The van der Waals surface area contributed by atoms with Crippen molar-refractivity contribution in [2.75, 3.05) is 18.0 Å². The Labute approximate surface area is 152 Å². The summed E-state index contributed by atoms with van der Waals surface area (Å²) >= 11 is 0. The van der Waals surface area contributed by atoms with E-state index in [1.54, 1.807) is 12.4 Å². The average molecular weight is 352 g/mol. The first-order valence-electron chi connectivity index (χ1n) is 9.05. The summed E-state index contributed by atoms with van der Waals surface area (Å²) in [7, 11) is 0. The van der Waals surface area contributed by atoms with Gasteiger partial charge in [-0.25, -0.2) is 19.6 Å². The first-order chi connectivity index (χ1) is 12.6. The molecule has 1 saturated heterocycles. The molecular weight excluding hydrogens is 328 g/mol. The van der Waals surface area contributed by atoms with Gasteiger partial charge in [0.05, 0.1) is 12.4 Å². The Kier molecular flexibility index (Phi) is 4.40. The summed E-state index contributed by atoms with van der Waals surface area (Å²) < 4.78 is 3.99. The molecule has 0 spiro atoms. The third kappa shape index (κ3) is 3.31. The van der Waals surface area contributed by atoms with E-state index in [1.165, 1.54) is 6.42 Å². The Hall–Kier alpha value is -2.77. The molecule has 0 amide bonds. The van der Waals surface area contributed by atoms with Gasteiger partial charge in [-0.3, -0.25) is 9.55 Å². The minimum Gasteiger partial charge on any atom is -0.355 e. The second kappa shape index (κ2) is 6.86. The van der Waals surface area contributed by atoms with Crippen LogP contribution in [0.2, 0.25) is 0 Å². The molecule has 3 aromatic heterocycles. The van der Waals surface area contributed by atoms with E-state index < -0.39 is 0 Å². The van der Waals surface area contributed by atoms with Gasteiger partial charge in [0.15, 0.2) is 5.82 Å². The van der Waals surface area contributed by atoms with Crippen LogP contribution in [0.25, 0.3) is 5.82 Å². The smallest absolute Gasteiger partial charge is 0.159 e. The van der Waals surface area contributed by atoms with Crippen molar-refractivity contribution in [2.24, 2.45) is 5.92 Å². The number of hydrogen-bond acceptors (Lipinski definition) is 6. The van der Waals surface area contributed by atoms with E-state index in [0.29, 0.717) is 5.92 Å². The zero-order valence-corrected chi connectivity index (χ0v) is 15.5. The zero-order valence-electron chi connectivity index (χ0n) is 15.5. The number of imidazole rings is 1. The number of aryl methyl sites for hydroxylation is 3. The summed E-state index contributed by atoms with van der Waals surface area (Å²) in [6.45, 7) is 8.79. The van der Waals surface area contributed by atoms with Crippen LogP contribution in [-0.2, 0) is 6.54 Å². The molecule has 26 heavy (non-hydrogen) atoms. The van der Waals surface area contributed by atoms with Crippen molar-refractivity contribution < 1.29 is 0 Å². The lowest BCUT2D eigenvalue weighted by atomic mass is 9.98. The molecular formula is C18H24N8. The third-order valence-electron chi connectivity index (χ3n) is 4.92. The molecule has 0 bridgehead atoms. The third-order valence-corrected chi connectivity index (χ3v) is 4.92. The molecule has 4 rings (SSSR count). The van der Waals surface area contributed by atoms with Crippen molar-refractivity contribution in [1.82, 2.24) is 34.3 Å². The van der Waals surface area contributed by atoms with Crippen molar-refractivity contribution in [1.29, 1.82) is 0 Å². The highest BCUT2D eigenvalue weighted by Gasteiger charge is 2.23. The first-order valence-corrected chi connectivity index (χ1v) is 9.05. The SMILES string of the molecule is Cc1nc(C)n(CC2CCCN(c3cncc(-n4ccnc4C)n3)C2)n1. The highest BCUT2D eigenvalue weighted by Crippen LogP contribution is 2.23. The molecule has 3 aromatic rings. The van der Waals surface area contributed by atoms with E-state index in [9.17, 15) is 0 Å². The molecule has 8 heteroatoms. The Bertz CT molecular complexity index is 896. The maximum absolute atomic E-state index is 4.81. The van der Waals surface area contributed by atoms with E-state index in [0.717, 1.165) is 55.2 Å². The highest BCUT2D eigenvalue weighted by atomic mass is 15.3. The topological polar surface area (TPSA) is 77.5 Å². The number of aromatic nitrogens is 7. The van der Waals surface area contributed by atoms with Gasteiger partial charge in [-0.1, -0.05) is 0 Å². The average Bonchev–Trinajstić information content (AvgIpc) is 3.20. The molecule has 1 unspecified atom stereocenters. The second-order valence-corrected chi connectivity index (χ2v) is 6.92. The molecule has 4 heterocycles. The van der Waals surface area contributed by atoms with Crippen molar-refractivity contribution in [3.63, 3.8) is 0 Å².